The molecule has 9 heteroatoms. The molecule has 6 nitrogen and oxygen atoms in total. The van der Waals surface area contributed by atoms with Gasteiger partial charge in [-0.1, -0.05) is 50.5 Å². The summed E-state index contributed by atoms with van der Waals surface area (Å²) >= 11 is 0. The molecule has 43 heavy (non-hydrogen) atoms. The van der Waals surface area contributed by atoms with Crippen molar-refractivity contribution in [3.63, 3.8) is 0 Å². The molecular formula is C34H38FN3O3SSi. The molecule has 0 aliphatic heterocycles. The van der Waals surface area contributed by atoms with Crippen LogP contribution in [0.1, 0.15) is 23.6 Å². The van der Waals surface area contributed by atoms with E-state index in [0.29, 0.717) is 28.9 Å². The Bertz CT molecular complexity index is 1940. The monoisotopic (exact) mass is 615 g/mol. The van der Waals surface area contributed by atoms with Crippen LogP contribution in [0.2, 0.25) is 25.7 Å². The molecule has 0 spiro atoms. The van der Waals surface area contributed by atoms with Crippen molar-refractivity contribution in [3.05, 3.63) is 102 Å². The minimum absolute atomic E-state index is 0.175. The second kappa shape index (κ2) is 11.7. The molecule has 0 N–H and O–H groups in total. The van der Waals surface area contributed by atoms with Crippen molar-refractivity contribution in [2.45, 2.75) is 58.1 Å². The fourth-order valence-electron chi connectivity index (χ4n) is 5.49. The van der Waals surface area contributed by atoms with Crippen molar-refractivity contribution in [3.8, 4) is 22.5 Å². The SMILES string of the molecule is C=C(C)c1c(C)c(-c2ccc(C)cc2F)n(COCC[Si](C)(C)C)c1-c1ccnc2c1ccn2S(=O)(=O)c1ccccc1. The lowest BCUT2D eigenvalue weighted by atomic mass is 9.97. The van der Waals surface area contributed by atoms with Crippen LogP contribution in [0.4, 0.5) is 4.39 Å². The lowest BCUT2D eigenvalue weighted by molar-refractivity contribution is 0.0895. The van der Waals surface area contributed by atoms with Crippen molar-refractivity contribution in [2.75, 3.05) is 6.61 Å². The van der Waals surface area contributed by atoms with E-state index in [0.717, 1.165) is 39.6 Å². The molecule has 224 valence electrons. The van der Waals surface area contributed by atoms with Gasteiger partial charge in [-0.15, -0.1) is 0 Å². The first kappa shape index (κ1) is 30.7. The number of halogens is 1. The smallest absolute Gasteiger partial charge is 0.269 e. The third-order valence-corrected chi connectivity index (χ3v) is 11.0. The molecule has 0 radical (unpaired) electrons. The van der Waals surface area contributed by atoms with E-state index < -0.39 is 18.1 Å². The molecule has 0 aliphatic carbocycles. The minimum Gasteiger partial charge on any atom is -0.361 e. The van der Waals surface area contributed by atoms with E-state index in [1.165, 1.54) is 16.2 Å². The fraction of sp³-hybridized carbons (Fsp3) is 0.265. The third kappa shape index (κ3) is 5.89. The first-order chi connectivity index (χ1) is 20.3. The summed E-state index contributed by atoms with van der Waals surface area (Å²) in [6.07, 6.45) is 3.15. The number of pyridine rings is 1. The lowest BCUT2D eigenvalue weighted by Gasteiger charge is -2.19. The lowest BCUT2D eigenvalue weighted by Crippen LogP contribution is -2.22. The number of hydrogen-bond donors (Lipinski definition) is 0. The molecular weight excluding hydrogens is 578 g/mol. The number of rotatable bonds is 10. The summed E-state index contributed by atoms with van der Waals surface area (Å²) in [6, 6.07) is 18.2. The van der Waals surface area contributed by atoms with Crippen molar-refractivity contribution in [2.24, 2.45) is 0 Å². The molecule has 0 amide bonds. The van der Waals surface area contributed by atoms with E-state index >= 15 is 4.39 Å². The highest BCUT2D eigenvalue weighted by Gasteiger charge is 2.28. The number of aryl methyl sites for hydroxylation is 1. The molecule has 2 aromatic carbocycles. The molecule has 0 fully saturated rings. The Morgan fingerprint density at radius 2 is 1.72 bits per heavy atom. The summed E-state index contributed by atoms with van der Waals surface area (Å²) in [7, 11) is -5.23. The van der Waals surface area contributed by atoms with Gasteiger partial charge in [-0.05, 0) is 79.9 Å². The Morgan fingerprint density at radius 3 is 2.37 bits per heavy atom. The van der Waals surface area contributed by atoms with Crippen LogP contribution < -0.4 is 0 Å². The van der Waals surface area contributed by atoms with Crippen LogP contribution in [0.5, 0.6) is 0 Å². The van der Waals surface area contributed by atoms with Crippen molar-refractivity contribution in [1.82, 2.24) is 13.5 Å². The second-order valence-corrected chi connectivity index (χ2v) is 19.7. The average Bonchev–Trinajstić information content (AvgIpc) is 3.51. The van der Waals surface area contributed by atoms with Crippen molar-refractivity contribution < 1.29 is 17.5 Å². The average molecular weight is 616 g/mol. The van der Waals surface area contributed by atoms with Crippen molar-refractivity contribution in [1.29, 1.82) is 0 Å². The number of benzene rings is 2. The van der Waals surface area contributed by atoms with Gasteiger partial charge in [-0.3, -0.25) is 0 Å². The Hall–Kier alpha value is -3.79. The van der Waals surface area contributed by atoms with Crippen LogP contribution in [-0.4, -0.2) is 36.6 Å². The normalized spacial score (nSPS) is 12.3. The zero-order valence-corrected chi connectivity index (χ0v) is 27.4. The molecule has 5 rings (SSSR count). The summed E-state index contributed by atoms with van der Waals surface area (Å²) in [6.45, 7) is 17.8. The van der Waals surface area contributed by atoms with Gasteiger partial charge in [0.15, 0.2) is 5.65 Å². The highest BCUT2D eigenvalue weighted by molar-refractivity contribution is 7.90. The predicted octanol–water partition coefficient (Wildman–Crippen LogP) is 8.51. The van der Waals surface area contributed by atoms with Crippen LogP contribution in [0.15, 0.2) is 84.5 Å². The summed E-state index contributed by atoms with van der Waals surface area (Å²) in [5, 5.41) is 0.654. The van der Waals surface area contributed by atoms with E-state index in [1.54, 1.807) is 42.6 Å². The first-order valence-corrected chi connectivity index (χ1v) is 19.5. The molecule has 0 saturated carbocycles. The van der Waals surface area contributed by atoms with Crippen LogP contribution >= 0.6 is 0 Å². The summed E-state index contributed by atoms with van der Waals surface area (Å²) in [5.41, 5.74) is 6.43. The Balaban J connectivity index is 1.76. The van der Waals surface area contributed by atoms with Crippen LogP contribution in [0.25, 0.3) is 39.1 Å². The van der Waals surface area contributed by atoms with Crippen molar-refractivity contribution >= 4 is 34.7 Å². The topological polar surface area (TPSA) is 66.1 Å². The van der Waals surface area contributed by atoms with Gasteiger partial charge < -0.3 is 9.30 Å². The van der Waals surface area contributed by atoms with Crippen LogP contribution in [0, 0.1) is 19.7 Å². The quantitative estimate of drug-likeness (QED) is 0.117. The molecule has 3 heterocycles. The van der Waals surface area contributed by atoms with E-state index in [-0.39, 0.29) is 17.4 Å². The standard InChI is InChI=1S/C34H38FN3O3SSi/c1-23(2)31-25(4)32(29-14-13-24(3)21-30(29)35)37(22-41-19-20-43(5,6)7)33(31)27-15-17-36-34-28(27)16-18-38(34)42(39,40)26-11-9-8-10-12-26/h8-18,21H,1,19-20,22H2,2-7H3. The Morgan fingerprint density at radius 1 is 1.00 bits per heavy atom. The third-order valence-electron chi connectivity index (χ3n) is 7.64. The van der Waals surface area contributed by atoms with Crippen LogP contribution in [0.3, 0.4) is 0 Å². The van der Waals surface area contributed by atoms with Gasteiger partial charge in [0, 0.05) is 49.2 Å². The number of fused-ring (bicyclic) bond motifs is 1. The zero-order valence-electron chi connectivity index (χ0n) is 25.6. The highest BCUT2D eigenvalue weighted by atomic mass is 32.2. The van der Waals surface area contributed by atoms with E-state index in [1.807, 2.05) is 43.5 Å². The Labute approximate surface area is 254 Å². The zero-order chi connectivity index (χ0) is 31.1. The maximum Gasteiger partial charge on any atom is 0.269 e. The van der Waals surface area contributed by atoms with Crippen LogP contribution in [-0.2, 0) is 21.5 Å². The van der Waals surface area contributed by atoms with E-state index in [4.69, 9.17) is 4.74 Å². The molecule has 0 bridgehead atoms. The number of allylic oxidation sites excluding steroid dienone is 1. The number of nitrogens with zero attached hydrogens (tertiary/aromatic N) is 3. The van der Waals surface area contributed by atoms with Gasteiger partial charge in [0.25, 0.3) is 10.0 Å². The predicted molar refractivity (Wildman–Crippen MR) is 176 cm³/mol. The molecule has 0 saturated heterocycles. The largest absolute Gasteiger partial charge is 0.361 e. The van der Waals surface area contributed by atoms with Gasteiger partial charge in [-0.25, -0.2) is 21.8 Å². The van der Waals surface area contributed by atoms with Gasteiger partial charge in [-0.2, -0.15) is 0 Å². The first-order valence-electron chi connectivity index (χ1n) is 14.3. The van der Waals surface area contributed by atoms with Gasteiger partial charge in [0.05, 0.1) is 16.3 Å². The summed E-state index contributed by atoms with van der Waals surface area (Å²) in [4.78, 5) is 4.68. The fourth-order valence-corrected chi connectivity index (χ4v) is 7.57. The highest BCUT2D eigenvalue weighted by Crippen LogP contribution is 2.43. The van der Waals surface area contributed by atoms with E-state index in [9.17, 15) is 8.42 Å². The van der Waals surface area contributed by atoms with Gasteiger partial charge >= 0.3 is 0 Å². The molecule has 5 aromatic rings. The molecule has 0 unspecified atom stereocenters. The maximum absolute atomic E-state index is 15.6. The summed E-state index contributed by atoms with van der Waals surface area (Å²) < 4.78 is 52.3. The number of aromatic nitrogens is 3. The second-order valence-electron chi connectivity index (χ2n) is 12.3. The molecule has 0 atom stereocenters. The van der Waals surface area contributed by atoms with Gasteiger partial charge in [0.1, 0.15) is 12.5 Å². The molecule has 0 aliphatic rings. The number of hydrogen-bond acceptors (Lipinski definition) is 4. The summed E-state index contributed by atoms with van der Waals surface area (Å²) in [5.74, 6) is -0.316. The maximum atomic E-state index is 15.6. The molecule has 3 aromatic heterocycles. The van der Waals surface area contributed by atoms with E-state index in [2.05, 4.69) is 31.2 Å². The number of ether oxygens (including phenoxy) is 1. The van der Waals surface area contributed by atoms with Gasteiger partial charge in [0.2, 0.25) is 0 Å². The Kier molecular flexibility index (Phi) is 8.35. The minimum atomic E-state index is -3.89.